The second-order valence-electron chi connectivity index (χ2n) is 5.13. The zero-order valence-electron chi connectivity index (χ0n) is 12.2. The number of nitrogens with one attached hydrogen (secondary N) is 2. The predicted molar refractivity (Wildman–Crippen MR) is 81.3 cm³/mol. The highest BCUT2D eigenvalue weighted by Crippen LogP contribution is 2.23. The van der Waals surface area contributed by atoms with Gasteiger partial charge in [-0.25, -0.2) is 4.79 Å². The van der Waals surface area contributed by atoms with Crippen LogP contribution in [0, 0.1) is 0 Å². The summed E-state index contributed by atoms with van der Waals surface area (Å²) in [7, 11) is 0. The van der Waals surface area contributed by atoms with E-state index in [4.69, 9.17) is 9.84 Å². The van der Waals surface area contributed by atoms with E-state index < -0.39 is 6.09 Å². The maximum absolute atomic E-state index is 11.9. The lowest BCUT2D eigenvalue weighted by Gasteiger charge is -2.31. The quantitative estimate of drug-likeness (QED) is 0.799. The van der Waals surface area contributed by atoms with Gasteiger partial charge in [0, 0.05) is 18.4 Å². The molecule has 0 aliphatic carbocycles. The minimum Gasteiger partial charge on any atom is -0.465 e. The molecule has 2 aromatic rings. The number of ether oxygens (including phenoxy) is 1. The van der Waals surface area contributed by atoms with Crippen LogP contribution in [0.15, 0.2) is 36.5 Å². The summed E-state index contributed by atoms with van der Waals surface area (Å²) in [5, 5.41) is 18.1. The van der Waals surface area contributed by atoms with Gasteiger partial charge in [0.15, 0.2) is 0 Å². The highest BCUT2D eigenvalue weighted by molar-refractivity contribution is 6.02. The third-order valence-corrected chi connectivity index (χ3v) is 3.62. The summed E-state index contributed by atoms with van der Waals surface area (Å²) in [6.45, 7) is 1.05. The lowest BCUT2D eigenvalue weighted by molar-refractivity contribution is -0.0231. The average Bonchev–Trinajstić information content (AvgIpc) is 3.10. The molecule has 3 rings (SSSR count). The fraction of sp³-hybridized carbons (Fsp3) is 0.267. The van der Waals surface area contributed by atoms with E-state index in [-0.39, 0.29) is 12.0 Å². The number of morpholine rings is 1. The molecule has 1 aromatic heterocycles. The largest absolute Gasteiger partial charge is 0.465 e. The molecule has 0 saturated carbocycles. The molecule has 120 valence electrons. The Kier molecular flexibility index (Phi) is 4.24. The Morgan fingerprint density at radius 2 is 2.09 bits per heavy atom. The van der Waals surface area contributed by atoms with Crippen LogP contribution in [0.3, 0.4) is 0 Å². The monoisotopic (exact) mass is 316 g/mol. The van der Waals surface area contributed by atoms with Crippen molar-refractivity contribution >= 4 is 17.7 Å². The van der Waals surface area contributed by atoms with Crippen LogP contribution in [0.2, 0.25) is 0 Å². The number of hydrogen-bond donors (Lipinski definition) is 3. The Morgan fingerprint density at radius 3 is 2.74 bits per heavy atom. The second-order valence-corrected chi connectivity index (χ2v) is 5.13. The van der Waals surface area contributed by atoms with E-state index in [1.807, 2.05) is 12.1 Å². The minimum atomic E-state index is -0.943. The van der Waals surface area contributed by atoms with Gasteiger partial charge in [-0.15, -0.1) is 0 Å². The van der Waals surface area contributed by atoms with Gasteiger partial charge in [0.25, 0.3) is 5.91 Å². The van der Waals surface area contributed by atoms with E-state index in [0.717, 1.165) is 5.56 Å². The smallest absolute Gasteiger partial charge is 0.407 e. The molecule has 1 aliphatic heterocycles. The first-order valence-corrected chi connectivity index (χ1v) is 7.13. The van der Waals surface area contributed by atoms with Crippen molar-refractivity contribution in [3.63, 3.8) is 0 Å². The fourth-order valence-electron chi connectivity index (χ4n) is 2.39. The normalized spacial score (nSPS) is 17.7. The molecule has 1 unspecified atom stereocenters. The van der Waals surface area contributed by atoms with Crippen LogP contribution in [0.5, 0.6) is 0 Å². The van der Waals surface area contributed by atoms with Crippen molar-refractivity contribution in [2.75, 3.05) is 25.0 Å². The number of carbonyl (C=O) groups is 2. The Bertz CT molecular complexity index is 684. The molecule has 3 N–H and O–H groups in total. The van der Waals surface area contributed by atoms with E-state index in [9.17, 15) is 9.59 Å². The van der Waals surface area contributed by atoms with Gasteiger partial charge in [0.2, 0.25) is 0 Å². The first-order chi connectivity index (χ1) is 11.1. The van der Waals surface area contributed by atoms with E-state index in [1.54, 1.807) is 18.2 Å². The van der Waals surface area contributed by atoms with Gasteiger partial charge < -0.3 is 20.1 Å². The maximum Gasteiger partial charge on any atom is 0.407 e. The summed E-state index contributed by atoms with van der Waals surface area (Å²) in [5.74, 6) is -0.277. The summed E-state index contributed by atoms with van der Waals surface area (Å²) >= 11 is 0. The number of aromatic nitrogens is 2. The van der Waals surface area contributed by atoms with Crippen LogP contribution in [-0.2, 0) is 4.74 Å². The lowest BCUT2D eigenvalue weighted by atomic mass is 10.1. The summed E-state index contributed by atoms with van der Waals surface area (Å²) < 4.78 is 5.62. The summed E-state index contributed by atoms with van der Waals surface area (Å²) in [6, 6.07) is 8.73. The molecule has 0 radical (unpaired) electrons. The fourth-order valence-corrected chi connectivity index (χ4v) is 2.39. The Balaban J connectivity index is 1.65. The number of hydrogen-bond acceptors (Lipinski definition) is 4. The van der Waals surface area contributed by atoms with Crippen molar-refractivity contribution in [1.29, 1.82) is 0 Å². The van der Waals surface area contributed by atoms with Crippen molar-refractivity contribution in [3.05, 3.63) is 47.8 Å². The number of H-pyrrole nitrogens is 1. The maximum atomic E-state index is 11.9. The van der Waals surface area contributed by atoms with Gasteiger partial charge in [0.1, 0.15) is 11.8 Å². The average molecular weight is 316 g/mol. The van der Waals surface area contributed by atoms with Crippen molar-refractivity contribution in [1.82, 2.24) is 15.1 Å². The van der Waals surface area contributed by atoms with E-state index in [0.29, 0.717) is 31.1 Å². The minimum absolute atomic E-state index is 0.277. The SMILES string of the molecule is O=C(Nc1ccc(C2CN(C(=O)O)CCO2)cc1)c1ccn[nH]1. The van der Waals surface area contributed by atoms with E-state index in [1.165, 1.54) is 11.1 Å². The zero-order chi connectivity index (χ0) is 16.2. The molecule has 2 amide bonds. The number of rotatable bonds is 3. The second kappa shape index (κ2) is 6.49. The number of benzene rings is 1. The van der Waals surface area contributed by atoms with Crippen molar-refractivity contribution in [2.45, 2.75) is 6.10 Å². The number of nitrogens with zero attached hydrogens (tertiary/aromatic N) is 2. The molecular formula is C15H16N4O4. The number of aromatic amines is 1. The number of carboxylic acid groups (broad SMARTS) is 1. The molecule has 1 aliphatic rings. The molecule has 1 saturated heterocycles. The molecule has 8 nitrogen and oxygen atoms in total. The third-order valence-electron chi connectivity index (χ3n) is 3.62. The van der Waals surface area contributed by atoms with Gasteiger partial charge in [-0.1, -0.05) is 12.1 Å². The van der Waals surface area contributed by atoms with Crippen LogP contribution >= 0.6 is 0 Å². The number of anilines is 1. The van der Waals surface area contributed by atoms with Crippen LogP contribution in [0.4, 0.5) is 10.5 Å². The molecular weight excluding hydrogens is 300 g/mol. The Hall–Kier alpha value is -2.87. The zero-order valence-corrected chi connectivity index (χ0v) is 12.2. The Labute approximate surface area is 132 Å². The van der Waals surface area contributed by atoms with Gasteiger partial charge in [0.05, 0.1) is 13.2 Å². The number of amides is 2. The Morgan fingerprint density at radius 1 is 1.30 bits per heavy atom. The van der Waals surface area contributed by atoms with Crippen LogP contribution in [0.25, 0.3) is 0 Å². The molecule has 0 spiro atoms. The van der Waals surface area contributed by atoms with Gasteiger partial charge in [-0.05, 0) is 23.8 Å². The first-order valence-electron chi connectivity index (χ1n) is 7.13. The van der Waals surface area contributed by atoms with Crippen molar-refractivity contribution in [3.8, 4) is 0 Å². The predicted octanol–water partition coefficient (Wildman–Crippen LogP) is 1.71. The molecule has 2 heterocycles. The third kappa shape index (κ3) is 3.49. The topological polar surface area (TPSA) is 108 Å². The van der Waals surface area contributed by atoms with Crippen molar-refractivity contribution in [2.24, 2.45) is 0 Å². The van der Waals surface area contributed by atoms with Gasteiger partial charge in [-0.3, -0.25) is 9.89 Å². The molecule has 1 aromatic carbocycles. The highest BCUT2D eigenvalue weighted by Gasteiger charge is 2.24. The van der Waals surface area contributed by atoms with Crippen molar-refractivity contribution < 1.29 is 19.4 Å². The summed E-state index contributed by atoms with van der Waals surface area (Å²) in [4.78, 5) is 24.3. The number of carbonyl (C=O) groups excluding carboxylic acids is 1. The highest BCUT2D eigenvalue weighted by atomic mass is 16.5. The molecule has 8 heteroatoms. The molecule has 1 atom stereocenters. The van der Waals surface area contributed by atoms with Gasteiger partial charge >= 0.3 is 6.09 Å². The van der Waals surface area contributed by atoms with Crippen LogP contribution in [-0.4, -0.2) is 51.9 Å². The van der Waals surface area contributed by atoms with E-state index >= 15 is 0 Å². The summed E-state index contributed by atoms with van der Waals surface area (Å²) in [6.07, 6.45) is 0.269. The molecule has 23 heavy (non-hydrogen) atoms. The van der Waals surface area contributed by atoms with Crippen LogP contribution in [0.1, 0.15) is 22.2 Å². The van der Waals surface area contributed by atoms with Gasteiger partial charge in [-0.2, -0.15) is 5.10 Å². The molecule has 0 bridgehead atoms. The summed E-state index contributed by atoms with van der Waals surface area (Å²) in [5.41, 5.74) is 1.89. The standard InChI is InChI=1S/C15H16N4O4/c20-14(12-5-6-16-18-12)17-11-3-1-10(2-4-11)13-9-19(15(21)22)7-8-23-13/h1-6,13H,7-9H2,(H,16,18)(H,17,20)(H,21,22). The first kappa shape index (κ1) is 15.0. The molecule has 1 fully saturated rings. The van der Waals surface area contributed by atoms with E-state index in [2.05, 4.69) is 15.5 Å². The van der Waals surface area contributed by atoms with Crippen LogP contribution < -0.4 is 5.32 Å². The lowest BCUT2D eigenvalue weighted by Crippen LogP contribution is -2.41.